The van der Waals surface area contributed by atoms with Crippen LogP contribution < -0.4 is 5.56 Å². The van der Waals surface area contributed by atoms with Gasteiger partial charge in [-0.15, -0.1) is 5.10 Å². The van der Waals surface area contributed by atoms with E-state index in [4.69, 9.17) is 16.7 Å². The number of fused-ring (bicyclic) bond motifs is 3. The molecule has 0 fully saturated rings. The minimum absolute atomic E-state index is 0.256. The lowest BCUT2D eigenvalue weighted by molar-refractivity contribution is 0.885. The topological polar surface area (TPSA) is 93.8 Å². The van der Waals surface area contributed by atoms with Crippen molar-refractivity contribution in [2.45, 2.75) is 20.3 Å². The van der Waals surface area contributed by atoms with Crippen LogP contribution in [0.1, 0.15) is 18.4 Å². The molecule has 4 heterocycles. The maximum Gasteiger partial charge on any atom is 0.268 e. The highest BCUT2D eigenvalue weighted by molar-refractivity contribution is 6.30. The summed E-state index contributed by atoms with van der Waals surface area (Å²) in [4.78, 5) is 21.8. The summed E-state index contributed by atoms with van der Waals surface area (Å²) < 4.78 is 3.11. The molecule has 0 saturated heterocycles. The third kappa shape index (κ3) is 2.72. The molecule has 9 heteroatoms. The maximum absolute atomic E-state index is 13.0. The van der Waals surface area contributed by atoms with E-state index in [2.05, 4.69) is 20.2 Å². The van der Waals surface area contributed by atoms with E-state index in [1.165, 1.54) is 4.57 Å². The first kappa shape index (κ1) is 17.6. The van der Waals surface area contributed by atoms with Crippen molar-refractivity contribution in [1.82, 2.24) is 34.3 Å². The number of rotatable bonds is 3. The molecule has 0 saturated carbocycles. The van der Waals surface area contributed by atoms with Gasteiger partial charge in [-0.1, -0.05) is 30.7 Å². The van der Waals surface area contributed by atoms with Crippen LogP contribution >= 0.6 is 11.6 Å². The Labute approximate surface area is 169 Å². The molecule has 0 aliphatic carbocycles. The van der Waals surface area contributed by atoms with Gasteiger partial charge < -0.3 is 0 Å². The summed E-state index contributed by atoms with van der Waals surface area (Å²) in [6.07, 6.45) is 3.96. The molecule has 1 aromatic carbocycles. The zero-order valence-corrected chi connectivity index (χ0v) is 16.5. The Morgan fingerprint density at radius 1 is 1.24 bits per heavy atom. The number of nitrogens with one attached hydrogen (secondary N) is 1. The number of aryl methyl sites for hydroxylation is 2. The SMILES string of the molecule is CCc1nn2c(ncc3c(=O)n(-c4n[nH]c(C)n4)ccc32)c1-c1cccc(Cl)c1. The molecule has 8 nitrogen and oxygen atoms in total. The van der Waals surface area contributed by atoms with Crippen LogP contribution in [0.4, 0.5) is 0 Å². The van der Waals surface area contributed by atoms with E-state index in [1.807, 2.05) is 37.3 Å². The molecule has 0 bridgehead atoms. The van der Waals surface area contributed by atoms with Crippen LogP contribution in [0.3, 0.4) is 0 Å². The number of pyridine rings is 1. The summed E-state index contributed by atoms with van der Waals surface area (Å²) in [5, 5.41) is 12.6. The second kappa shape index (κ2) is 6.52. The van der Waals surface area contributed by atoms with E-state index in [0.717, 1.165) is 23.2 Å². The summed E-state index contributed by atoms with van der Waals surface area (Å²) in [5.74, 6) is 0.926. The third-order valence-electron chi connectivity index (χ3n) is 4.83. The largest absolute Gasteiger partial charge is 0.268 e. The summed E-state index contributed by atoms with van der Waals surface area (Å²) in [5.41, 5.74) is 3.86. The van der Waals surface area contributed by atoms with Gasteiger partial charge in [0.25, 0.3) is 11.5 Å². The Bertz CT molecular complexity index is 1450. The van der Waals surface area contributed by atoms with Crippen molar-refractivity contribution in [2.24, 2.45) is 0 Å². The van der Waals surface area contributed by atoms with E-state index < -0.39 is 0 Å². The Hall–Kier alpha value is -3.52. The molecule has 1 N–H and O–H groups in total. The molecule has 29 heavy (non-hydrogen) atoms. The molecule has 5 rings (SSSR count). The third-order valence-corrected chi connectivity index (χ3v) is 5.07. The average Bonchev–Trinajstić information content (AvgIpc) is 3.31. The fraction of sp³-hybridized carbons (Fsp3) is 0.150. The van der Waals surface area contributed by atoms with Crippen molar-refractivity contribution in [2.75, 3.05) is 0 Å². The fourth-order valence-corrected chi connectivity index (χ4v) is 3.69. The lowest BCUT2D eigenvalue weighted by Gasteiger charge is -2.05. The van der Waals surface area contributed by atoms with Crippen molar-refractivity contribution >= 4 is 28.2 Å². The van der Waals surface area contributed by atoms with Crippen LogP contribution in [0, 0.1) is 6.92 Å². The van der Waals surface area contributed by atoms with Crippen LogP contribution in [-0.2, 0) is 6.42 Å². The molecule has 0 radical (unpaired) electrons. The number of hydrogen-bond donors (Lipinski definition) is 1. The van der Waals surface area contributed by atoms with Gasteiger partial charge >= 0.3 is 0 Å². The highest BCUT2D eigenvalue weighted by Crippen LogP contribution is 2.31. The minimum atomic E-state index is -0.256. The molecular weight excluding hydrogens is 390 g/mol. The van der Waals surface area contributed by atoms with Gasteiger partial charge in [0.05, 0.1) is 16.6 Å². The average molecular weight is 406 g/mol. The standard InChI is InChI=1S/C20H16ClN7O/c1-3-15-17(12-5-4-6-13(21)9-12)18-22-10-14-16(28(18)26-15)7-8-27(19(14)29)20-23-11(2)24-25-20/h4-10H,3H2,1-2H3,(H,23,24,25). The summed E-state index contributed by atoms with van der Waals surface area (Å²) in [6.45, 7) is 3.82. The van der Waals surface area contributed by atoms with Crippen molar-refractivity contribution in [3.05, 3.63) is 69.6 Å². The Balaban J connectivity index is 1.80. The Kier molecular flexibility index (Phi) is 3.95. The van der Waals surface area contributed by atoms with Crippen LogP contribution in [0.15, 0.2) is 47.5 Å². The minimum Gasteiger partial charge on any atom is -0.268 e. The first-order valence-electron chi connectivity index (χ1n) is 9.14. The van der Waals surface area contributed by atoms with Gasteiger partial charge in [-0.3, -0.25) is 9.89 Å². The molecule has 0 unspecified atom stereocenters. The first-order valence-corrected chi connectivity index (χ1v) is 9.52. The first-order chi connectivity index (χ1) is 14.1. The molecule has 0 atom stereocenters. The van der Waals surface area contributed by atoms with Gasteiger partial charge in [-0.2, -0.15) is 10.1 Å². The smallest absolute Gasteiger partial charge is 0.268 e. The quantitative estimate of drug-likeness (QED) is 0.496. The predicted molar refractivity (Wildman–Crippen MR) is 111 cm³/mol. The normalized spacial score (nSPS) is 11.6. The van der Waals surface area contributed by atoms with Gasteiger partial charge in [0.2, 0.25) is 0 Å². The monoisotopic (exact) mass is 405 g/mol. The second-order valence-electron chi connectivity index (χ2n) is 6.69. The molecule has 144 valence electrons. The van der Waals surface area contributed by atoms with E-state index >= 15 is 0 Å². The molecular formula is C20H16ClN7O. The Morgan fingerprint density at radius 2 is 2.10 bits per heavy atom. The van der Waals surface area contributed by atoms with Crippen LogP contribution in [0.25, 0.3) is 33.6 Å². The van der Waals surface area contributed by atoms with E-state index in [9.17, 15) is 4.79 Å². The molecule has 0 aliphatic heterocycles. The van der Waals surface area contributed by atoms with Gasteiger partial charge in [0.1, 0.15) is 5.82 Å². The number of H-pyrrole nitrogens is 1. The number of nitrogens with zero attached hydrogens (tertiary/aromatic N) is 6. The molecule has 5 aromatic rings. The van der Waals surface area contributed by atoms with E-state index in [-0.39, 0.29) is 5.56 Å². The number of aromatic nitrogens is 7. The van der Waals surface area contributed by atoms with E-state index in [0.29, 0.717) is 33.3 Å². The zero-order valence-electron chi connectivity index (χ0n) is 15.7. The predicted octanol–water partition coefficient (Wildman–Crippen LogP) is 3.34. The lowest BCUT2D eigenvalue weighted by atomic mass is 10.0. The molecule has 0 spiro atoms. The molecule has 0 amide bonds. The second-order valence-corrected chi connectivity index (χ2v) is 7.13. The van der Waals surface area contributed by atoms with Crippen LogP contribution in [-0.4, -0.2) is 34.3 Å². The number of halogens is 1. The maximum atomic E-state index is 13.0. The van der Waals surface area contributed by atoms with Crippen molar-refractivity contribution < 1.29 is 0 Å². The van der Waals surface area contributed by atoms with Crippen molar-refractivity contribution in [3.63, 3.8) is 0 Å². The van der Waals surface area contributed by atoms with Crippen LogP contribution in [0.5, 0.6) is 0 Å². The van der Waals surface area contributed by atoms with Crippen LogP contribution in [0.2, 0.25) is 5.02 Å². The van der Waals surface area contributed by atoms with Gasteiger partial charge in [-0.05, 0) is 37.1 Å². The van der Waals surface area contributed by atoms with Gasteiger partial charge in [0, 0.05) is 23.0 Å². The number of hydrogen-bond acceptors (Lipinski definition) is 5. The summed E-state index contributed by atoms with van der Waals surface area (Å²) >= 11 is 6.20. The highest BCUT2D eigenvalue weighted by atomic mass is 35.5. The fourth-order valence-electron chi connectivity index (χ4n) is 3.50. The summed E-state index contributed by atoms with van der Waals surface area (Å²) in [6, 6.07) is 9.44. The zero-order chi connectivity index (χ0) is 20.1. The highest BCUT2D eigenvalue weighted by Gasteiger charge is 2.18. The molecule has 0 aliphatic rings. The Morgan fingerprint density at radius 3 is 2.83 bits per heavy atom. The van der Waals surface area contributed by atoms with Crippen molar-refractivity contribution in [3.8, 4) is 17.1 Å². The lowest BCUT2D eigenvalue weighted by Crippen LogP contribution is -2.20. The van der Waals surface area contributed by atoms with E-state index in [1.54, 1.807) is 23.8 Å². The van der Waals surface area contributed by atoms with Gasteiger partial charge in [-0.25, -0.2) is 14.1 Å². The van der Waals surface area contributed by atoms with Gasteiger partial charge in [0.15, 0.2) is 5.65 Å². The number of benzene rings is 1. The number of aromatic amines is 1. The molecule has 4 aromatic heterocycles. The summed E-state index contributed by atoms with van der Waals surface area (Å²) in [7, 11) is 0. The van der Waals surface area contributed by atoms with Crippen molar-refractivity contribution in [1.29, 1.82) is 0 Å².